The van der Waals surface area contributed by atoms with Crippen molar-refractivity contribution in [2.75, 3.05) is 6.54 Å². The molecule has 12 rings (SSSR count). The Morgan fingerprint density at radius 2 is 0.692 bits per heavy atom. The van der Waals surface area contributed by atoms with Crippen LogP contribution < -0.4 is 0 Å². The third-order valence-corrected chi connectivity index (χ3v) is 14.2. The zero-order chi connectivity index (χ0) is 56.4. The number of hydrogen-bond donors (Lipinski definition) is 0. The second kappa shape index (κ2) is 35.3. The summed E-state index contributed by atoms with van der Waals surface area (Å²) in [5.74, 6) is 0. The van der Waals surface area contributed by atoms with Gasteiger partial charge in [-0.2, -0.15) is 0 Å². The molecule has 420 valence electrons. The first kappa shape index (κ1) is 69.7. The Morgan fingerprint density at radius 3 is 1.17 bits per heavy atom. The SMILES string of the molecule is C.C.CC.CC.CC.CC.CC.CC.CC.CC.CC1(C)c2ccccc2Cc2ccccc21.CCN(Cc1ccc2c(c1)C1(c3ccccc3C2)c2ccccc2-c2ccccc21)Cc1cccc2c1-c1ccccc1C2. The van der Waals surface area contributed by atoms with Gasteiger partial charge in [-0.3, -0.25) is 4.90 Å². The van der Waals surface area contributed by atoms with E-state index in [9.17, 15) is 0 Å². The molecule has 0 fully saturated rings. The summed E-state index contributed by atoms with van der Waals surface area (Å²) in [5, 5.41) is 0. The molecule has 4 aliphatic rings. The maximum Gasteiger partial charge on any atom is 0.0719 e. The highest BCUT2D eigenvalue weighted by Gasteiger charge is 2.49. The van der Waals surface area contributed by atoms with E-state index in [1.165, 1.54) is 100 Å². The van der Waals surface area contributed by atoms with Crippen LogP contribution in [0.25, 0.3) is 22.3 Å². The summed E-state index contributed by atoms with van der Waals surface area (Å²) < 4.78 is 0. The lowest BCUT2D eigenvalue weighted by atomic mass is 9.61. The average molecular weight is 1050 g/mol. The number of rotatable bonds is 5. The number of nitrogens with zero attached hydrogens (tertiary/aromatic N) is 1. The molecule has 0 saturated heterocycles. The van der Waals surface area contributed by atoms with Gasteiger partial charge in [0.2, 0.25) is 0 Å². The second-order valence-corrected chi connectivity index (χ2v) is 17.9. The van der Waals surface area contributed by atoms with E-state index >= 15 is 0 Å². The molecule has 4 aliphatic carbocycles. The van der Waals surface area contributed by atoms with Crippen molar-refractivity contribution in [1.82, 2.24) is 4.90 Å². The molecule has 1 nitrogen and oxygen atoms in total. The third kappa shape index (κ3) is 14.1. The molecule has 0 bridgehead atoms. The van der Waals surface area contributed by atoms with Crippen LogP contribution in [0.2, 0.25) is 0 Å². The second-order valence-electron chi connectivity index (χ2n) is 17.9. The summed E-state index contributed by atoms with van der Waals surface area (Å²) in [7, 11) is 0. The molecule has 0 amide bonds. The first-order valence-corrected chi connectivity index (χ1v) is 29.9. The van der Waals surface area contributed by atoms with E-state index in [1.54, 1.807) is 0 Å². The van der Waals surface area contributed by atoms with Gasteiger partial charge in [-0.25, -0.2) is 0 Å². The normalized spacial score (nSPS) is 12.2. The van der Waals surface area contributed by atoms with Gasteiger partial charge in [0.15, 0.2) is 0 Å². The van der Waals surface area contributed by atoms with Crippen LogP contribution in [-0.2, 0) is 43.2 Å². The summed E-state index contributed by atoms with van der Waals surface area (Å²) in [6, 6.07) is 68.2. The smallest absolute Gasteiger partial charge is 0.0719 e. The Morgan fingerprint density at radius 1 is 0.333 bits per heavy atom. The zero-order valence-corrected chi connectivity index (χ0v) is 51.0. The predicted octanol–water partition coefficient (Wildman–Crippen LogP) is 22.9. The van der Waals surface area contributed by atoms with Crippen LogP contribution >= 0.6 is 0 Å². The molecule has 78 heavy (non-hydrogen) atoms. The fourth-order valence-corrected chi connectivity index (χ4v) is 11.5. The van der Waals surface area contributed by atoms with Crippen LogP contribution in [-0.4, -0.2) is 11.4 Å². The number of benzene rings is 8. The highest BCUT2D eigenvalue weighted by molar-refractivity contribution is 5.88. The molecule has 8 aromatic carbocycles. The van der Waals surface area contributed by atoms with E-state index in [0.717, 1.165) is 38.9 Å². The fraction of sp³-hybridized carbons (Fsp3) is 0.377. The highest BCUT2D eigenvalue weighted by atomic mass is 15.1. The Kier molecular flexibility index (Phi) is 31.5. The van der Waals surface area contributed by atoms with Gasteiger partial charge in [0.25, 0.3) is 0 Å². The summed E-state index contributed by atoms with van der Waals surface area (Å²) in [4.78, 5) is 2.61. The molecule has 0 unspecified atom stereocenters. The minimum absolute atomic E-state index is 0. The van der Waals surface area contributed by atoms with Crippen LogP contribution in [0, 0.1) is 0 Å². The third-order valence-electron chi connectivity index (χ3n) is 14.2. The van der Waals surface area contributed by atoms with Crippen molar-refractivity contribution in [1.29, 1.82) is 0 Å². The van der Waals surface area contributed by atoms with Crippen LogP contribution in [0.3, 0.4) is 0 Å². The summed E-state index contributed by atoms with van der Waals surface area (Å²) in [5.41, 5.74) is 25.7. The van der Waals surface area contributed by atoms with Crippen LogP contribution in [0.4, 0.5) is 0 Å². The lowest BCUT2D eigenvalue weighted by molar-refractivity contribution is 0.271. The van der Waals surface area contributed by atoms with Crippen molar-refractivity contribution in [2.45, 2.75) is 190 Å². The maximum atomic E-state index is 2.61. The lowest BCUT2D eigenvalue weighted by Crippen LogP contribution is -2.34. The topological polar surface area (TPSA) is 3.24 Å². The Balaban J connectivity index is 0.000000751. The number of fused-ring (bicyclic) bond motifs is 14. The molecule has 0 heterocycles. The quantitative estimate of drug-likeness (QED) is 0.166. The van der Waals surface area contributed by atoms with E-state index in [1.807, 2.05) is 111 Å². The Labute approximate surface area is 480 Å². The zero-order valence-electron chi connectivity index (χ0n) is 51.0. The van der Waals surface area contributed by atoms with Crippen molar-refractivity contribution >= 4 is 0 Å². The Bertz CT molecular complexity index is 2850. The Hall–Kier alpha value is -6.28. The standard InChI is InChI=1S/C43H35N.C16H16.8C2H6.2CH4/c1-2-44(28-34-15-11-14-33-25-30-12-3-5-16-35(30)42(33)34)27-29-22-23-32-26-31-13-4-8-19-38(31)43(41(32)24-29)39-20-9-6-17-36(39)37-18-7-10-21-40(37)43;1-16(2)14-9-5-3-7-12(14)11-13-8-4-6-10-15(13)16;8*1-2;;/h3-24H,2,25-28H2,1H3;3-10H,11H2,1-2H3;8*1-2H3;2*1H4. The maximum absolute atomic E-state index is 2.61. The van der Waals surface area contributed by atoms with E-state index in [4.69, 9.17) is 0 Å². The molecule has 0 atom stereocenters. The van der Waals surface area contributed by atoms with Crippen LogP contribution in [0.5, 0.6) is 0 Å². The van der Waals surface area contributed by atoms with Crippen LogP contribution in [0.15, 0.2) is 182 Å². The van der Waals surface area contributed by atoms with Gasteiger partial charge in [0.1, 0.15) is 0 Å². The van der Waals surface area contributed by atoms with Crippen molar-refractivity contribution in [3.05, 3.63) is 260 Å². The summed E-state index contributed by atoms with van der Waals surface area (Å²) >= 11 is 0. The van der Waals surface area contributed by atoms with Crippen molar-refractivity contribution in [2.24, 2.45) is 0 Å². The first-order chi connectivity index (χ1) is 37.4. The van der Waals surface area contributed by atoms with Gasteiger partial charge in [-0.1, -0.05) is 328 Å². The minimum Gasteiger partial charge on any atom is -0.295 e. The van der Waals surface area contributed by atoms with Gasteiger partial charge in [0.05, 0.1) is 5.41 Å². The largest absolute Gasteiger partial charge is 0.295 e. The predicted molar refractivity (Wildman–Crippen MR) is 353 cm³/mol. The molecule has 0 N–H and O–H groups in total. The van der Waals surface area contributed by atoms with Crippen molar-refractivity contribution in [3.63, 3.8) is 0 Å². The lowest BCUT2D eigenvalue weighted by Gasteiger charge is -2.40. The van der Waals surface area contributed by atoms with Gasteiger partial charge < -0.3 is 0 Å². The van der Waals surface area contributed by atoms with Crippen molar-refractivity contribution < 1.29 is 0 Å². The monoisotopic (exact) mass is 1050 g/mol. The molecular weight excluding hydrogens is 939 g/mol. The van der Waals surface area contributed by atoms with Gasteiger partial charge in [-0.15, -0.1) is 0 Å². The molecule has 0 aromatic heterocycles. The van der Waals surface area contributed by atoms with Gasteiger partial charge >= 0.3 is 0 Å². The molecule has 0 radical (unpaired) electrons. The molecule has 0 saturated carbocycles. The first-order valence-electron chi connectivity index (χ1n) is 29.9. The molecule has 8 aromatic rings. The van der Waals surface area contributed by atoms with E-state index in [0.29, 0.717) is 0 Å². The summed E-state index contributed by atoms with van der Waals surface area (Å²) in [6.45, 7) is 41.8. The molecule has 1 heteroatoms. The van der Waals surface area contributed by atoms with E-state index in [2.05, 4.69) is 208 Å². The number of hydrogen-bond acceptors (Lipinski definition) is 1. The van der Waals surface area contributed by atoms with E-state index < -0.39 is 0 Å². The van der Waals surface area contributed by atoms with Gasteiger partial charge in [0, 0.05) is 18.5 Å². The minimum atomic E-state index is -0.297. The van der Waals surface area contributed by atoms with Crippen molar-refractivity contribution in [3.8, 4) is 22.3 Å². The van der Waals surface area contributed by atoms with E-state index in [-0.39, 0.29) is 25.7 Å². The molecular formula is C77H107N. The highest BCUT2D eigenvalue weighted by Crippen LogP contribution is 2.59. The van der Waals surface area contributed by atoms with Gasteiger partial charge in [-0.05, 0) is 126 Å². The molecule has 0 aliphatic heterocycles. The molecule has 1 spiro atoms. The average Bonchev–Trinajstić information content (AvgIpc) is 4.23. The fourth-order valence-electron chi connectivity index (χ4n) is 11.5. The summed E-state index contributed by atoms with van der Waals surface area (Å²) in [6.07, 6.45) is 3.10. The van der Waals surface area contributed by atoms with Crippen LogP contribution in [0.1, 0.15) is 224 Å².